The molecule has 4 heterocycles. The normalized spacial score (nSPS) is 15.4. The van der Waals surface area contributed by atoms with E-state index in [0.29, 0.717) is 24.1 Å². The molecular weight excluding hydrogens is 406 g/mol. The molecule has 0 spiro atoms. The largest absolute Gasteiger partial charge is 0.340 e. The smallest absolute Gasteiger partial charge is 0.223 e. The average Bonchev–Trinajstić information content (AvgIpc) is 3.41. The third kappa shape index (κ3) is 4.43. The van der Waals surface area contributed by atoms with Crippen molar-refractivity contribution in [3.05, 3.63) is 54.3 Å². The van der Waals surface area contributed by atoms with E-state index in [-0.39, 0.29) is 18.1 Å². The van der Waals surface area contributed by atoms with Crippen LogP contribution in [0.1, 0.15) is 30.4 Å². The molecule has 3 aromatic heterocycles. The van der Waals surface area contributed by atoms with E-state index >= 15 is 0 Å². The number of aryl methyl sites for hydroxylation is 2. The Hall–Kier alpha value is -3.46. The van der Waals surface area contributed by atoms with Gasteiger partial charge in [-0.15, -0.1) is 0 Å². The molecule has 0 amide bonds. The summed E-state index contributed by atoms with van der Waals surface area (Å²) in [6.45, 7) is 4.13. The molecule has 1 fully saturated rings. The van der Waals surface area contributed by atoms with Crippen LogP contribution in [0.2, 0.25) is 0 Å². The number of carbonyl (C=O) groups excluding carboxylic acids is 1. The van der Waals surface area contributed by atoms with Gasteiger partial charge in [-0.25, -0.2) is 9.97 Å². The second-order valence-corrected chi connectivity index (χ2v) is 8.39. The lowest BCUT2D eigenvalue weighted by Gasteiger charge is -2.30. The number of rotatable bonds is 6. The maximum atomic E-state index is 12.9. The van der Waals surface area contributed by atoms with E-state index in [1.54, 1.807) is 17.8 Å². The highest BCUT2D eigenvalue weighted by atomic mass is 16.5. The van der Waals surface area contributed by atoms with Gasteiger partial charge in [-0.05, 0) is 37.6 Å². The fourth-order valence-corrected chi connectivity index (χ4v) is 4.22. The number of Topliss-reactive ketones (excluding diaryl/α,β-unsaturated/α-hetero) is 1. The lowest BCUT2D eigenvalue weighted by Crippen LogP contribution is -2.36. The number of hydrogen-bond donors (Lipinski definition) is 0. The van der Waals surface area contributed by atoms with Crippen LogP contribution < -0.4 is 0 Å². The number of ketones is 1. The first-order valence-corrected chi connectivity index (χ1v) is 10.8. The summed E-state index contributed by atoms with van der Waals surface area (Å²) in [4.78, 5) is 28.6. The SMILES string of the molecule is Cc1nc(CN2CCC(C(=O)Cc3ncc4ccc(-c5cnn(C)c5)cc4n3)CC2)no1. The molecule has 9 nitrogen and oxygen atoms in total. The van der Waals surface area contributed by atoms with Gasteiger partial charge in [0, 0.05) is 43.2 Å². The van der Waals surface area contributed by atoms with E-state index in [1.165, 1.54) is 0 Å². The summed E-state index contributed by atoms with van der Waals surface area (Å²) in [7, 11) is 1.90. The maximum absolute atomic E-state index is 12.9. The van der Waals surface area contributed by atoms with Gasteiger partial charge in [-0.1, -0.05) is 17.3 Å². The van der Waals surface area contributed by atoms with Gasteiger partial charge >= 0.3 is 0 Å². The van der Waals surface area contributed by atoms with E-state index in [9.17, 15) is 4.79 Å². The highest BCUT2D eigenvalue weighted by Crippen LogP contribution is 2.24. The predicted molar refractivity (Wildman–Crippen MR) is 117 cm³/mol. The van der Waals surface area contributed by atoms with Crippen molar-refractivity contribution < 1.29 is 9.32 Å². The Labute approximate surface area is 185 Å². The topological polar surface area (TPSA) is 103 Å². The van der Waals surface area contributed by atoms with E-state index in [4.69, 9.17) is 4.52 Å². The minimum atomic E-state index is 0.0410. The van der Waals surface area contributed by atoms with Crippen molar-refractivity contribution in [1.82, 2.24) is 34.8 Å². The molecule has 1 aliphatic rings. The molecule has 0 saturated carbocycles. The molecule has 0 N–H and O–H groups in total. The van der Waals surface area contributed by atoms with E-state index in [1.807, 2.05) is 37.6 Å². The quantitative estimate of drug-likeness (QED) is 0.459. The molecule has 5 rings (SSSR count). The Kier molecular flexibility index (Phi) is 5.48. The van der Waals surface area contributed by atoms with Gasteiger partial charge in [0.25, 0.3) is 0 Å². The van der Waals surface area contributed by atoms with Crippen molar-refractivity contribution in [3.8, 4) is 11.1 Å². The van der Waals surface area contributed by atoms with E-state index in [0.717, 1.165) is 48.0 Å². The van der Waals surface area contributed by atoms with E-state index in [2.05, 4.69) is 30.1 Å². The van der Waals surface area contributed by atoms with Crippen LogP contribution in [0.4, 0.5) is 0 Å². The van der Waals surface area contributed by atoms with Crippen LogP contribution in [0.15, 0.2) is 41.3 Å². The maximum Gasteiger partial charge on any atom is 0.223 e. The molecule has 1 aliphatic heterocycles. The summed E-state index contributed by atoms with van der Waals surface area (Å²) in [5.41, 5.74) is 2.92. The molecule has 4 aromatic rings. The Bertz CT molecular complexity index is 1250. The minimum absolute atomic E-state index is 0.0410. The summed E-state index contributed by atoms with van der Waals surface area (Å²) < 4.78 is 6.81. The number of benzene rings is 1. The molecule has 164 valence electrons. The van der Waals surface area contributed by atoms with Crippen molar-refractivity contribution in [2.75, 3.05) is 13.1 Å². The molecular formula is C23H25N7O2. The Balaban J connectivity index is 1.22. The lowest BCUT2D eigenvalue weighted by molar-refractivity contribution is -0.123. The van der Waals surface area contributed by atoms with Crippen molar-refractivity contribution in [3.63, 3.8) is 0 Å². The molecule has 0 atom stereocenters. The fraction of sp³-hybridized carbons (Fsp3) is 0.391. The summed E-state index contributed by atoms with van der Waals surface area (Å²) in [5.74, 6) is 2.10. The zero-order chi connectivity index (χ0) is 22.1. The van der Waals surface area contributed by atoms with Crippen LogP contribution in [-0.2, 0) is 24.8 Å². The van der Waals surface area contributed by atoms with Gasteiger partial charge in [0.15, 0.2) is 5.82 Å². The van der Waals surface area contributed by atoms with Crippen LogP contribution in [0.3, 0.4) is 0 Å². The Morgan fingerprint density at radius 3 is 2.69 bits per heavy atom. The van der Waals surface area contributed by atoms with Crippen LogP contribution in [0.25, 0.3) is 22.0 Å². The fourth-order valence-electron chi connectivity index (χ4n) is 4.22. The van der Waals surface area contributed by atoms with Crippen molar-refractivity contribution in [2.24, 2.45) is 13.0 Å². The molecule has 0 aliphatic carbocycles. The third-order valence-corrected chi connectivity index (χ3v) is 5.98. The van der Waals surface area contributed by atoms with Crippen LogP contribution in [0.5, 0.6) is 0 Å². The first kappa shape index (κ1) is 20.4. The van der Waals surface area contributed by atoms with Gasteiger partial charge in [0.2, 0.25) is 5.89 Å². The first-order chi connectivity index (χ1) is 15.5. The van der Waals surface area contributed by atoms with E-state index < -0.39 is 0 Å². The zero-order valence-corrected chi connectivity index (χ0v) is 18.2. The molecule has 0 radical (unpaired) electrons. The average molecular weight is 432 g/mol. The van der Waals surface area contributed by atoms with Crippen molar-refractivity contribution in [1.29, 1.82) is 0 Å². The molecule has 1 saturated heterocycles. The second-order valence-electron chi connectivity index (χ2n) is 8.39. The number of nitrogens with zero attached hydrogens (tertiary/aromatic N) is 7. The number of likely N-dealkylation sites (tertiary alicyclic amines) is 1. The molecule has 9 heteroatoms. The van der Waals surface area contributed by atoms with Gasteiger partial charge < -0.3 is 4.52 Å². The summed E-state index contributed by atoms with van der Waals surface area (Å²) in [6.07, 6.45) is 7.52. The van der Waals surface area contributed by atoms with Crippen LogP contribution >= 0.6 is 0 Å². The predicted octanol–water partition coefficient (Wildman–Crippen LogP) is 2.75. The van der Waals surface area contributed by atoms with Crippen LogP contribution in [-0.4, -0.2) is 53.7 Å². The minimum Gasteiger partial charge on any atom is -0.340 e. The second kappa shape index (κ2) is 8.58. The number of piperidine rings is 1. The number of fused-ring (bicyclic) bond motifs is 1. The molecule has 0 unspecified atom stereocenters. The molecule has 0 bridgehead atoms. The van der Waals surface area contributed by atoms with Gasteiger partial charge in [0.1, 0.15) is 11.6 Å². The number of carbonyl (C=O) groups is 1. The zero-order valence-electron chi connectivity index (χ0n) is 18.2. The van der Waals surface area contributed by atoms with Gasteiger partial charge in [-0.3, -0.25) is 14.4 Å². The van der Waals surface area contributed by atoms with Crippen molar-refractivity contribution in [2.45, 2.75) is 32.7 Å². The third-order valence-electron chi connectivity index (χ3n) is 5.98. The Morgan fingerprint density at radius 2 is 1.97 bits per heavy atom. The monoisotopic (exact) mass is 431 g/mol. The van der Waals surface area contributed by atoms with Gasteiger partial charge in [-0.2, -0.15) is 10.1 Å². The van der Waals surface area contributed by atoms with Crippen LogP contribution in [0, 0.1) is 12.8 Å². The number of hydrogen-bond acceptors (Lipinski definition) is 8. The standard InChI is InChI=1S/C23H25N7O2/c1-15-26-23(28-32-15)14-30-7-5-16(6-8-30)21(31)10-22-24-11-18-4-3-17(9-20(18)27-22)19-12-25-29(2)13-19/h3-4,9,11-13,16H,5-8,10,14H2,1-2H3. The lowest BCUT2D eigenvalue weighted by atomic mass is 9.91. The first-order valence-electron chi connectivity index (χ1n) is 10.8. The van der Waals surface area contributed by atoms with Crippen molar-refractivity contribution >= 4 is 16.7 Å². The summed E-state index contributed by atoms with van der Waals surface area (Å²) in [5, 5.41) is 9.15. The highest BCUT2D eigenvalue weighted by Gasteiger charge is 2.26. The Morgan fingerprint density at radius 1 is 1.12 bits per heavy atom. The summed E-state index contributed by atoms with van der Waals surface area (Å²) in [6, 6.07) is 6.07. The molecule has 1 aromatic carbocycles. The van der Waals surface area contributed by atoms with Gasteiger partial charge in [0.05, 0.1) is 24.7 Å². The molecule has 32 heavy (non-hydrogen) atoms. The summed E-state index contributed by atoms with van der Waals surface area (Å²) >= 11 is 0. The number of aromatic nitrogens is 6. The highest BCUT2D eigenvalue weighted by molar-refractivity contribution is 5.85.